The van der Waals surface area contributed by atoms with Crippen molar-refractivity contribution < 1.29 is 4.42 Å². The van der Waals surface area contributed by atoms with Crippen LogP contribution in [-0.4, -0.2) is 36.4 Å². The predicted octanol–water partition coefficient (Wildman–Crippen LogP) is 2.05. The highest BCUT2D eigenvalue weighted by atomic mass is 35.5. The van der Waals surface area contributed by atoms with E-state index in [1.165, 1.54) is 0 Å². The summed E-state index contributed by atoms with van der Waals surface area (Å²) >= 11 is 5.88. The van der Waals surface area contributed by atoms with E-state index in [0.29, 0.717) is 28.8 Å². The van der Waals surface area contributed by atoms with E-state index < -0.39 is 0 Å². The molecule has 2 aromatic rings. The van der Waals surface area contributed by atoms with Gasteiger partial charge in [0.2, 0.25) is 5.89 Å². The lowest BCUT2D eigenvalue weighted by Crippen LogP contribution is -2.25. The Labute approximate surface area is 121 Å². The number of nitrogens with one attached hydrogen (secondary N) is 1. The molecule has 0 radical (unpaired) electrons. The van der Waals surface area contributed by atoms with E-state index in [9.17, 15) is 0 Å². The van der Waals surface area contributed by atoms with Crippen LogP contribution in [-0.2, 0) is 0 Å². The first-order valence-corrected chi connectivity index (χ1v) is 7.22. The van der Waals surface area contributed by atoms with Gasteiger partial charge in [-0.2, -0.15) is 0 Å². The molecule has 1 N–H and O–H groups in total. The minimum atomic E-state index is 0.548. The highest BCUT2D eigenvalue weighted by Crippen LogP contribution is 2.31. The first-order chi connectivity index (χ1) is 9.79. The van der Waals surface area contributed by atoms with E-state index in [0.717, 1.165) is 31.7 Å². The predicted molar refractivity (Wildman–Crippen MR) is 76.8 cm³/mol. The monoisotopic (exact) mass is 290 g/mol. The molecule has 4 rings (SSSR count). The molecule has 0 aliphatic carbocycles. The molecule has 0 amide bonds. The normalized spacial score (nSPS) is 25.1. The lowest BCUT2D eigenvalue weighted by atomic mass is 10.0. The number of rotatable bonds is 2. The van der Waals surface area contributed by atoms with Crippen LogP contribution in [0.4, 0.5) is 6.01 Å². The van der Waals surface area contributed by atoms with Gasteiger partial charge >= 0.3 is 6.01 Å². The first kappa shape index (κ1) is 12.2. The van der Waals surface area contributed by atoms with E-state index in [1.807, 2.05) is 24.3 Å². The third-order valence-electron chi connectivity index (χ3n) is 4.17. The average Bonchev–Trinajstić information content (AvgIpc) is 3.14. The molecule has 3 heterocycles. The van der Waals surface area contributed by atoms with E-state index >= 15 is 0 Å². The summed E-state index contributed by atoms with van der Waals surface area (Å²) in [6.07, 6.45) is 0. The van der Waals surface area contributed by atoms with Gasteiger partial charge in [-0.05, 0) is 36.1 Å². The van der Waals surface area contributed by atoms with Crippen LogP contribution in [0, 0.1) is 11.8 Å². The van der Waals surface area contributed by atoms with Gasteiger partial charge in [0.05, 0.1) is 0 Å². The van der Waals surface area contributed by atoms with Crippen molar-refractivity contribution in [1.82, 2.24) is 15.5 Å². The lowest BCUT2D eigenvalue weighted by molar-refractivity contribution is 0.533. The Morgan fingerprint density at radius 2 is 1.80 bits per heavy atom. The van der Waals surface area contributed by atoms with E-state index in [2.05, 4.69) is 20.4 Å². The Morgan fingerprint density at radius 1 is 1.10 bits per heavy atom. The van der Waals surface area contributed by atoms with Crippen LogP contribution in [0.3, 0.4) is 0 Å². The summed E-state index contributed by atoms with van der Waals surface area (Å²) in [7, 11) is 0. The zero-order valence-corrected chi connectivity index (χ0v) is 11.7. The third-order valence-corrected chi connectivity index (χ3v) is 4.42. The molecule has 0 spiro atoms. The van der Waals surface area contributed by atoms with Crippen molar-refractivity contribution in [2.45, 2.75) is 0 Å². The van der Waals surface area contributed by atoms with Crippen LogP contribution in [0.1, 0.15) is 0 Å². The van der Waals surface area contributed by atoms with Crippen molar-refractivity contribution in [3.05, 3.63) is 29.3 Å². The topological polar surface area (TPSA) is 54.2 Å². The molecule has 20 heavy (non-hydrogen) atoms. The van der Waals surface area contributed by atoms with Crippen molar-refractivity contribution >= 4 is 17.6 Å². The van der Waals surface area contributed by atoms with Crippen molar-refractivity contribution in [1.29, 1.82) is 0 Å². The molecule has 2 atom stereocenters. The number of hydrogen-bond donors (Lipinski definition) is 1. The molecule has 1 aromatic heterocycles. The van der Waals surface area contributed by atoms with Crippen LogP contribution in [0.5, 0.6) is 0 Å². The van der Waals surface area contributed by atoms with Crippen LogP contribution in [0.2, 0.25) is 5.02 Å². The molecule has 2 aliphatic rings. The standard InChI is InChI=1S/C14H15ClN4O/c15-12-3-1-9(2-4-12)13-17-18-14(20-13)19-7-10-5-16-6-11(10)8-19/h1-4,10-11,16H,5-8H2. The Kier molecular flexibility index (Phi) is 2.89. The average molecular weight is 291 g/mol. The summed E-state index contributed by atoms with van der Waals surface area (Å²) in [6.45, 7) is 4.19. The zero-order valence-electron chi connectivity index (χ0n) is 10.9. The quantitative estimate of drug-likeness (QED) is 0.917. The Hall–Kier alpha value is -1.59. The Morgan fingerprint density at radius 3 is 2.50 bits per heavy atom. The molecule has 2 aliphatic heterocycles. The first-order valence-electron chi connectivity index (χ1n) is 6.85. The SMILES string of the molecule is Clc1ccc(-c2nnc(N3CC4CNCC4C3)o2)cc1. The van der Waals surface area contributed by atoms with Gasteiger partial charge in [0.25, 0.3) is 0 Å². The summed E-state index contributed by atoms with van der Waals surface area (Å²) in [5.41, 5.74) is 0.897. The minimum absolute atomic E-state index is 0.548. The van der Waals surface area contributed by atoms with Gasteiger partial charge in [-0.1, -0.05) is 16.7 Å². The molecule has 1 aromatic carbocycles. The molecule has 2 fully saturated rings. The fraction of sp³-hybridized carbons (Fsp3) is 0.429. The number of fused-ring (bicyclic) bond motifs is 1. The van der Waals surface area contributed by atoms with Gasteiger partial charge in [0.15, 0.2) is 0 Å². The number of hydrogen-bond acceptors (Lipinski definition) is 5. The Bertz CT molecular complexity index is 600. The number of anilines is 1. The maximum absolute atomic E-state index is 5.88. The van der Waals surface area contributed by atoms with Crippen LogP contribution in [0.15, 0.2) is 28.7 Å². The molecule has 5 nitrogen and oxygen atoms in total. The molecule has 2 unspecified atom stereocenters. The van der Waals surface area contributed by atoms with Gasteiger partial charge in [-0.15, -0.1) is 5.10 Å². The maximum atomic E-state index is 5.88. The van der Waals surface area contributed by atoms with Crippen LogP contribution < -0.4 is 10.2 Å². The van der Waals surface area contributed by atoms with Gasteiger partial charge in [0, 0.05) is 36.8 Å². The molecule has 104 valence electrons. The van der Waals surface area contributed by atoms with Gasteiger partial charge in [-0.25, -0.2) is 0 Å². The van der Waals surface area contributed by atoms with Crippen molar-refractivity contribution in [3.63, 3.8) is 0 Å². The van der Waals surface area contributed by atoms with Crippen LogP contribution in [0.25, 0.3) is 11.5 Å². The fourth-order valence-corrected chi connectivity index (χ4v) is 3.19. The lowest BCUT2D eigenvalue weighted by Gasteiger charge is -2.13. The minimum Gasteiger partial charge on any atom is -0.403 e. The summed E-state index contributed by atoms with van der Waals surface area (Å²) < 4.78 is 5.80. The van der Waals surface area contributed by atoms with Crippen molar-refractivity contribution in [3.8, 4) is 11.5 Å². The smallest absolute Gasteiger partial charge is 0.318 e. The van der Waals surface area contributed by atoms with Crippen molar-refractivity contribution in [2.24, 2.45) is 11.8 Å². The summed E-state index contributed by atoms with van der Waals surface area (Å²) in [4.78, 5) is 2.20. The summed E-state index contributed by atoms with van der Waals surface area (Å²) in [5.74, 6) is 1.97. The molecular formula is C14H15ClN4O. The maximum Gasteiger partial charge on any atom is 0.318 e. The number of benzene rings is 1. The van der Waals surface area contributed by atoms with Gasteiger partial charge in [0.1, 0.15) is 0 Å². The molecule has 0 saturated carbocycles. The Balaban J connectivity index is 1.55. The van der Waals surface area contributed by atoms with E-state index in [4.69, 9.17) is 16.0 Å². The number of aromatic nitrogens is 2. The van der Waals surface area contributed by atoms with Gasteiger partial charge in [-0.3, -0.25) is 0 Å². The second kappa shape index (κ2) is 4.75. The number of halogens is 1. The summed E-state index contributed by atoms with van der Waals surface area (Å²) in [6, 6.07) is 8.06. The fourth-order valence-electron chi connectivity index (χ4n) is 3.06. The largest absolute Gasteiger partial charge is 0.403 e. The van der Waals surface area contributed by atoms with E-state index in [1.54, 1.807) is 0 Å². The second-order valence-electron chi connectivity index (χ2n) is 5.48. The third kappa shape index (κ3) is 2.07. The molecular weight excluding hydrogens is 276 g/mol. The molecule has 6 heteroatoms. The highest BCUT2D eigenvalue weighted by Gasteiger charge is 2.37. The second-order valence-corrected chi connectivity index (χ2v) is 5.92. The van der Waals surface area contributed by atoms with E-state index in [-0.39, 0.29) is 0 Å². The van der Waals surface area contributed by atoms with Gasteiger partial charge < -0.3 is 14.6 Å². The zero-order chi connectivity index (χ0) is 13.5. The van der Waals surface area contributed by atoms with Crippen molar-refractivity contribution in [2.75, 3.05) is 31.1 Å². The summed E-state index contributed by atoms with van der Waals surface area (Å²) in [5, 5.41) is 12.4. The van der Waals surface area contributed by atoms with Crippen LogP contribution >= 0.6 is 11.6 Å². The molecule has 0 bridgehead atoms. The number of nitrogens with zero attached hydrogens (tertiary/aromatic N) is 3. The molecule has 2 saturated heterocycles. The highest BCUT2D eigenvalue weighted by molar-refractivity contribution is 6.30.